The van der Waals surface area contributed by atoms with E-state index in [1.54, 1.807) is 11.0 Å². The Bertz CT molecular complexity index is 1020. The third kappa shape index (κ3) is 4.06. The number of hydrogen-bond acceptors (Lipinski definition) is 6. The molecule has 1 fully saturated rings. The summed E-state index contributed by atoms with van der Waals surface area (Å²) in [6, 6.07) is 19.6. The Balaban J connectivity index is 1.40. The van der Waals surface area contributed by atoms with Crippen molar-refractivity contribution in [2.24, 2.45) is 0 Å². The molecule has 29 heavy (non-hydrogen) atoms. The third-order valence-corrected chi connectivity index (χ3v) is 4.91. The van der Waals surface area contributed by atoms with Crippen molar-refractivity contribution >= 4 is 17.4 Å². The number of carbonyl (C=O) groups excluding carboxylic acids is 1. The second-order valence-corrected chi connectivity index (χ2v) is 6.73. The number of nitro groups is 1. The molecule has 8 nitrogen and oxygen atoms in total. The molecular weight excluding hydrogens is 370 g/mol. The monoisotopic (exact) mass is 389 g/mol. The Morgan fingerprint density at radius 2 is 1.66 bits per heavy atom. The van der Waals surface area contributed by atoms with Crippen LogP contribution in [-0.4, -0.2) is 52.1 Å². The molecule has 0 aliphatic carbocycles. The van der Waals surface area contributed by atoms with Gasteiger partial charge in [-0.15, -0.1) is 10.2 Å². The summed E-state index contributed by atoms with van der Waals surface area (Å²) in [4.78, 5) is 26.9. The van der Waals surface area contributed by atoms with Gasteiger partial charge in [0.1, 0.15) is 0 Å². The van der Waals surface area contributed by atoms with E-state index in [0.717, 1.165) is 17.1 Å². The van der Waals surface area contributed by atoms with Crippen LogP contribution >= 0.6 is 0 Å². The van der Waals surface area contributed by atoms with E-state index in [2.05, 4.69) is 15.1 Å². The quantitative estimate of drug-likeness (QED) is 0.503. The van der Waals surface area contributed by atoms with Gasteiger partial charge in [0.2, 0.25) is 0 Å². The first kappa shape index (κ1) is 18.5. The predicted molar refractivity (Wildman–Crippen MR) is 109 cm³/mol. The molecule has 8 heteroatoms. The van der Waals surface area contributed by atoms with Gasteiger partial charge in [-0.25, -0.2) is 0 Å². The average Bonchev–Trinajstić information content (AvgIpc) is 2.79. The van der Waals surface area contributed by atoms with Crippen LogP contribution in [0.1, 0.15) is 10.4 Å². The number of nitro benzene ring substituents is 1. The molecule has 0 radical (unpaired) electrons. The fourth-order valence-electron chi connectivity index (χ4n) is 3.33. The summed E-state index contributed by atoms with van der Waals surface area (Å²) in [5.41, 5.74) is 2.08. The van der Waals surface area contributed by atoms with Crippen LogP contribution in [0, 0.1) is 10.1 Å². The summed E-state index contributed by atoms with van der Waals surface area (Å²) in [5.74, 6) is 0.575. The van der Waals surface area contributed by atoms with Crippen molar-refractivity contribution in [1.29, 1.82) is 0 Å². The zero-order valence-electron chi connectivity index (χ0n) is 15.6. The van der Waals surface area contributed by atoms with Gasteiger partial charge >= 0.3 is 0 Å². The number of amides is 1. The minimum absolute atomic E-state index is 0.0803. The van der Waals surface area contributed by atoms with Crippen molar-refractivity contribution in [1.82, 2.24) is 15.1 Å². The number of anilines is 1. The topological polar surface area (TPSA) is 92.5 Å². The molecule has 0 unspecified atom stereocenters. The summed E-state index contributed by atoms with van der Waals surface area (Å²) in [7, 11) is 0. The molecule has 3 aromatic rings. The highest BCUT2D eigenvalue weighted by Gasteiger charge is 2.24. The molecule has 2 aromatic carbocycles. The van der Waals surface area contributed by atoms with Crippen molar-refractivity contribution in [2.75, 3.05) is 31.1 Å². The Morgan fingerprint density at radius 3 is 2.31 bits per heavy atom. The van der Waals surface area contributed by atoms with Crippen LogP contribution in [0.3, 0.4) is 0 Å². The highest BCUT2D eigenvalue weighted by atomic mass is 16.6. The van der Waals surface area contributed by atoms with Crippen LogP contribution in [0.5, 0.6) is 0 Å². The number of hydrogen-bond donors (Lipinski definition) is 0. The molecule has 1 aliphatic rings. The summed E-state index contributed by atoms with van der Waals surface area (Å²) >= 11 is 0. The first-order chi connectivity index (χ1) is 14.1. The molecule has 1 aliphatic heterocycles. The lowest BCUT2D eigenvalue weighted by atomic mass is 10.1. The van der Waals surface area contributed by atoms with E-state index in [0.29, 0.717) is 31.7 Å². The number of rotatable bonds is 4. The van der Waals surface area contributed by atoms with E-state index in [9.17, 15) is 14.9 Å². The Morgan fingerprint density at radius 1 is 0.897 bits per heavy atom. The predicted octanol–water partition coefficient (Wildman–Crippen LogP) is 3.01. The van der Waals surface area contributed by atoms with E-state index >= 15 is 0 Å². The fourth-order valence-corrected chi connectivity index (χ4v) is 3.33. The summed E-state index contributed by atoms with van der Waals surface area (Å²) < 4.78 is 0. The number of aromatic nitrogens is 2. The minimum atomic E-state index is -0.494. The highest BCUT2D eigenvalue weighted by Crippen LogP contribution is 2.20. The van der Waals surface area contributed by atoms with Crippen molar-refractivity contribution in [3.8, 4) is 11.3 Å². The molecule has 4 rings (SSSR count). The molecule has 0 spiro atoms. The van der Waals surface area contributed by atoms with E-state index in [1.165, 1.54) is 18.2 Å². The van der Waals surface area contributed by atoms with Gasteiger partial charge in [-0.05, 0) is 18.2 Å². The molecule has 2 heterocycles. The van der Waals surface area contributed by atoms with Crippen LogP contribution in [0.2, 0.25) is 0 Å². The molecular formula is C21H19N5O3. The van der Waals surface area contributed by atoms with Gasteiger partial charge in [-0.3, -0.25) is 14.9 Å². The lowest BCUT2D eigenvalue weighted by Crippen LogP contribution is -2.49. The van der Waals surface area contributed by atoms with Crippen LogP contribution in [0.25, 0.3) is 11.3 Å². The lowest BCUT2D eigenvalue weighted by Gasteiger charge is -2.35. The summed E-state index contributed by atoms with van der Waals surface area (Å²) in [6.45, 7) is 2.29. The van der Waals surface area contributed by atoms with Gasteiger partial charge < -0.3 is 9.80 Å². The molecule has 1 aromatic heterocycles. The number of carbonyl (C=O) groups is 1. The Hall–Kier alpha value is -3.81. The molecule has 1 amide bonds. The molecule has 146 valence electrons. The first-order valence-corrected chi connectivity index (χ1v) is 9.29. The Labute approximate surface area is 167 Å². The second kappa shape index (κ2) is 8.05. The molecule has 0 saturated carbocycles. The lowest BCUT2D eigenvalue weighted by molar-refractivity contribution is -0.384. The molecule has 0 atom stereocenters. The fraction of sp³-hybridized carbons (Fsp3) is 0.190. The number of non-ortho nitro benzene ring substituents is 1. The standard InChI is InChI=1S/C21H19N5O3/c27-21(17-7-4-8-18(15-17)26(28)29)25-13-11-24(12-14-25)20-10-9-19(22-23-20)16-5-2-1-3-6-16/h1-10,15H,11-14H2. The highest BCUT2D eigenvalue weighted by molar-refractivity contribution is 5.95. The van der Waals surface area contributed by atoms with Crippen molar-refractivity contribution in [3.63, 3.8) is 0 Å². The van der Waals surface area contributed by atoms with Gasteiger partial charge in [0.25, 0.3) is 11.6 Å². The summed E-state index contributed by atoms with van der Waals surface area (Å²) in [5, 5.41) is 19.6. The maximum atomic E-state index is 12.7. The first-order valence-electron chi connectivity index (χ1n) is 9.29. The largest absolute Gasteiger partial charge is 0.352 e. The van der Waals surface area contributed by atoms with Gasteiger partial charge in [0, 0.05) is 49.4 Å². The van der Waals surface area contributed by atoms with Gasteiger partial charge in [-0.2, -0.15) is 0 Å². The smallest absolute Gasteiger partial charge is 0.270 e. The van der Waals surface area contributed by atoms with Gasteiger partial charge in [0.15, 0.2) is 5.82 Å². The molecule has 1 saturated heterocycles. The van der Waals surface area contributed by atoms with E-state index < -0.39 is 4.92 Å². The van der Waals surface area contributed by atoms with Crippen LogP contribution < -0.4 is 4.90 Å². The zero-order chi connectivity index (χ0) is 20.2. The molecule has 0 bridgehead atoms. The second-order valence-electron chi connectivity index (χ2n) is 6.73. The van der Waals surface area contributed by atoms with E-state index in [1.807, 2.05) is 42.5 Å². The SMILES string of the molecule is O=C(c1cccc([N+](=O)[O-])c1)N1CCN(c2ccc(-c3ccccc3)nn2)CC1. The van der Waals surface area contributed by atoms with E-state index in [-0.39, 0.29) is 11.6 Å². The maximum absolute atomic E-state index is 12.7. The number of nitrogens with zero attached hydrogens (tertiary/aromatic N) is 5. The van der Waals surface area contributed by atoms with Crippen LogP contribution in [-0.2, 0) is 0 Å². The average molecular weight is 389 g/mol. The van der Waals surface area contributed by atoms with Crippen molar-refractivity contribution in [3.05, 3.63) is 82.4 Å². The normalized spacial score (nSPS) is 13.9. The number of benzene rings is 2. The maximum Gasteiger partial charge on any atom is 0.270 e. The molecule has 0 N–H and O–H groups in total. The van der Waals surface area contributed by atoms with Crippen molar-refractivity contribution < 1.29 is 9.72 Å². The summed E-state index contributed by atoms with van der Waals surface area (Å²) in [6.07, 6.45) is 0. The Kier molecular flexibility index (Phi) is 5.15. The number of piperazine rings is 1. The third-order valence-electron chi connectivity index (χ3n) is 4.91. The zero-order valence-corrected chi connectivity index (χ0v) is 15.6. The van der Waals surface area contributed by atoms with Gasteiger partial charge in [0.05, 0.1) is 10.6 Å². The van der Waals surface area contributed by atoms with E-state index in [4.69, 9.17) is 0 Å². The van der Waals surface area contributed by atoms with Gasteiger partial charge in [-0.1, -0.05) is 36.4 Å². The minimum Gasteiger partial charge on any atom is -0.352 e. The van der Waals surface area contributed by atoms with Crippen LogP contribution in [0.15, 0.2) is 66.7 Å². The van der Waals surface area contributed by atoms with Crippen LogP contribution in [0.4, 0.5) is 11.5 Å². The van der Waals surface area contributed by atoms with Crippen molar-refractivity contribution in [2.45, 2.75) is 0 Å².